The minimum absolute atomic E-state index is 0.0116. The highest BCUT2D eigenvalue weighted by molar-refractivity contribution is 6.29. The zero-order chi connectivity index (χ0) is 34.4. The summed E-state index contributed by atoms with van der Waals surface area (Å²) < 4.78 is 6.90. The van der Waals surface area contributed by atoms with Crippen molar-refractivity contribution >= 4 is 79.1 Å². The summed E-state index contributed by atoms with van der Waals surface area (Å²) in [6.45, 7) is 0.379. The molecule has 1 aliphatic rings. The first-order chi connectivity index (χ1) is 24.9. The van der Waals surface area contributed by atoms with E-state index in [4.69, 9.17) is 23.2 Å². The number of aromatic nitrogens is 12. The lowest BCUT2D eigenvalue weighted by molar-refractivity contribution is 0.0649. The zero-order valence-electron chi connectivity index (χ0n) is 26.0. The summed E-state index contributed by atoms with van der Waals surface area (Å²) in [4.78, 5) is 54.1. The monoisotopic (exact) mass is 711 g/mol. The summed E-state index contributed by atoms with van der Waals surface area (Å²) in [5.74, 6) is 0.173. The van der Waals surface area contributed by atoms with E-state index in [1.54, 1.807) is 63.2 Å². The van der Waals surface area contributed by atoms with Gasteiger partial charge in [-0.1, -0.05) is 30.3 Å². The second kappa shape index (κ2) is 11.0. The SMILES string of the molecule is O=C1c2ccccc2C(=O)N1CCn1cnc2c(-n3ncc4cc(-n5cnc6c(-n7ncc8ccccc87)nc(Cl)nc65)ccc43)nc(Cl)nc21. The van der Waals surface area contributed by atoms with E-state index in [-0.39, 0.29) is 35.5 Å². The lowest BCUT2D eigenvalue weighted by Crippen LogP contribution is -2.32. The van der Waals surface area contributed by atoms with Crippen molar-refractivity contribution in [2.45, 2.75) is 6.54 Å². The standard InChI is InChI=1S/C34H19Cl2N13O2/c35-33-41-27-25(37-16-45(27)11-12-46-31(50)21-6-2-3-7-22(21)32(46)51)29(43-33)49-24-10-9-20(13-19(24)15-40-49)47-17-38-26-28(47)42-34(36)44-30(26)48-23-8-4-1-5-18(23)14-39-48/h1-10,13-17H,11-12H2. The van der Waals surface area contributed by atoms with Crippen molar-refractivity contribution in [1.82, 2.24) is 63.5 Å². The second-order valence-corrected chi connectivity index (χ2v) is 12.4. The molecule has 0 spiro atoms. The molecule has 0 N–H and O–H groups in total. The van der Waals surface area contributed by atoms with Crippen LogP contribution in [0, 0.1) is 0 Å². The maximum absolute atomic E-state index is 12.9. The Hall–Kier alpha value is -6.58. The van der Waals surface area contributed by atoms with E-state index in [9.17, 15) is 9.59 Å². The van der Waals surface area contributed by atoms with Gasteiger partial charge in [0.1, 0.15) is 6.33 Å². The quantitative estimate of drug-likeness (QED) is 0.165. The minimum Gasteiger partial charge on any atom is -0.313 e. The molecule has 0 saturated heterocycles. The molecule has 0 aliphatic carbocycles. The number of hydrogen-bond acceptors (Lipinski definition) is 10. The van der Waals surface area contributed by atoms with Crippen LogP contribution in [0.1, 0.15) is 20.7 Å². The molecule has 15 nitrogen and oxygen atoms in total. The van der Waals surface area contributed by atoms with Crippen molar-refractivity contribution in [3.63, 3.8) is 0 Å². The van der Waals surface area contributed by atoms with Gasteiger partial charge in [0, 0.05) is 29.5 Å². The van der Waals surface area contributed by atoms with Gasteiger partial charge in [-0.3, -0.25) is 19.1 Å². The third-order valence-corrected chi connectivity index (χ3v) is 9.26. The predicted molar refractivity (Wildman–Crippen MR) is 187 cm³/mol. The highest BCUT2D eigenvalue weighted by Crippen LogP contribution is 2.29. The summed E-state index contributed by atoms with van der Waals surface area (Å²) in [5.41, 5.74) is 5.06. The number of imidazole rings is 2. The van der Waals surface area contributed by atoms with Crippen molar-refractivity contribution < 1.29 is 9.59 Å². The third kappa shape index (κ3) is 4.45. The van der Waals surface area contributed by atoms with Gasteiger partial charge in [-0.05, 0) is 59.6 Å². The molecule has 7 heterocycles. The Bertz CT molecular complexity index is 2890. The molecule has 0 atom stereocenters. The van der Waals surface area contributed by atoms with E-state index in [0.29, 0.717) is 45.1 Å². The van der Waals surface area contributed by atoms with Crippen LogP contribution in [-0.2, 0) is 6.54 Å². The number of amides is 2. The van der Waals surface area contributed by atoms with Gasteiger partial charge in [0.25, 0.3) is 11.8 Å². The zero-order valence-corrected chi connectivity index (χ0v) is 27.5. The Balaban J connectivity index is 0.993. The van der Waals surface area contributed by atoms with E-state index in [1.807, 2.05) is 47.0 Å². The maximum Gasteiger partial charge on any atom is 0.261 e. The van der Waals surface area contributed by atoms with E-state index in [0.717, 1.165) is 27.5 Å². The van der Waals surface area contributed by atoms with Gasteiger partial charge in [-0.15, -0.1) is 0 Å². The Morgan fingerprint density at radius 1 is 0.608 bits per heavy atom. The van der Waals surface area contributed by atoms with Gasteiger partial charge in [0.05, 0.1) is 40.9 Å². The molecule has 3 aromatic carbocycles. The molecule has 0 radical (unpaired) electrons. The van der Waals surface area contributed by atoms with Crippen molar-refractivity contribution in [3.05, 3.63) is 113 Å². The fourth-order valence-corrected chi connectivity index (χ4v) is 6.86. The largest absolute Gasteiger partial charge is 0.313 e. The van der Waals surface area contributed by atoms with Gasteiger partial charge in [-0.25, -0.2) is 19.3 Å². The van der Waals surface area contributed by atoms with Crippen LogP contribution in [0.5, 0.6) is 0 Å². The number of carbonyl (C=O) groups excluding carboxylic acids is 2. The van der Waals surface area contributed by atoms with Crippen LogP contribution in [0.15, 0.2) is 91.8 Å². The normalized spacial score (nSPS) is 13.1. The van der Waals surface area contributed by atoms with E-state index < -0.39 is 0 Å². The van der Waals surface area contributed by atoms with Crippen molar-refractivity contribution in [2.24, 2.45) is 0 Å². The van der Waals surface area contributed by atoms with Crippen molar-refractivity contribution in [2.75, 3.05) is 6.54 Å². The molecule has 6 aromatic heterocycles. The number of benzene rings is 3. The molecular weight excluding hydrogens is 693 g/mol. The lowest BCUT2D eigenvalue weighted by Gasteiger charge is -2.14. The topological polar surface area (TPSA) is 160 Å². The molecule has 10 rings (SSSR count). The fourth-order valence-electron chi connectivity index (χ4n) is 6.54. The summed E-state index contributed by atoms with van der Waals surface area (Å²) in [6, 6.07) is 20.3. The number of fused-ring (bicyclic) bond motifs is 5. The van der Waals surface area contributed by atoms with Crippen LogP contribution < -0.4 is 0 Å². The van der Waals surface area contributed by atoms with Crippen LogP contribution in [0.25, 0.3) is 61.5 Å². The highest BCUT2D eigenvalue weighted by atomic mass is 35.5. The number of para-hydroxylation sites is 1. The van der Waals surface area contributed by atoms with Gasteiger partial charge in [-0.2, -0.15) is 30.1 Å². The average Bonchev–Trinajstić information content (AvgIpc) is 3.97. The second-order valence-electron chi connectivity index (χ2n) is 11.8. The number of nitrogens with zero attached hydrogens (tertiary/aromatic N) is 13. The van der Waals surface area contributed by atoms with E-state index >= 15 is 0 Å². The van der Waals surface area contributed by atoms with E-state index in [2.05, 4.69) is 40.1 Å². The molecule has 51 heavy (non-hydrogen) atoms. The number of carbonyl (C=O) groups is 2. The average molecular weight is 713 g/mol. The van der Waals surface area contributed by atoms with Gasteiger partial charge in [0.15, 0.2) is 34.0 Å². The summed E-state index contributed by atoms with van der Waals surface area (Å²) >= 11 is 12.9. The van der Waals surface area contributed by atoms with Crippen molar-refractivity contribution in [3.8, 4) is 17.3 Å². The number of hydrogen-bond donors (Lipinski definition) is 0. The maximum atomic E-state index is 12.9. The highest BCUT2D eigenvalue weighted by Gasteiger charge is 2.35. The first kappa shape index (κ1) is 29.3. The molecule has 246 valence electrons. The number of imide groups is 1. The van der Waals surface area contributed by atoms with E-state index in [1.165, 1.54) is 4.90 Å². The Labute approximate surface area is 295 Å². The molecule has 0 bridgehead atoms. The lowest BCUT2D eigenvalue weighted by atomic mass is 10.1. The smallest absolute Gasteiger partial charge is 0.261 e. The molecule has 2 amide bonds. The Morgan fingerprint density at radius 2 is 1.22 bits per heavy atom. The number of halogens is 2. The predicted octanol–water partition coefficient (Wildman–Crippen LogP) is 5.24. The molecule has 0 fully saturated rings. The summed E-state index contributed by atoms with van der Waals surface area (Å²) in [6.07, 6.45) is 6.72. The molecular formula is C34H19Cl2N13O2. The molecule has 9 aromatic rings. The van der Waals surface area contributed by atoms with Crippen LogP contribution in [-0.4, -0.2) is 81.9 Å². The molecule has 0 unspecified atom stereocenters. The van der Waals surface area contributed by atoms with Crippen LogP contribution >= 0.6 is 23.2 Å². The summed E-state index contributed by atoms with van der Waals surface area (Å²) in [7, 11) is 0. The first-order valence-corrected chi connectivity index (χ1v) is 16.3. The Morgan fingerprint density at radius 3 is 1.96 bits per heavy atom. The third-order valence-electron chi connectivity index (χ3n) is 8.92. The number of rotatable bonds is 6. The molecule has 17 heteroatoms. The van der Waals surface area contributed by atoms with Crippen LogP contribution in [0.4, 0.5) is 0 Å². The molecule has 0 saturated carbocycles. The van der Waals surface area contributed by atoms with Gasteiger partial charge in [0.2, 0.25) is 10.6 Å². The summed E-state index contributed by atoms with van der Waals surface area (Å²) in [5, 5.41) is 11.0. The van der Waals surface area contributed by atoms with Crippen LogP contribution in [0.3, 0.4) is 0 Å². The van der Waals surface area contributed by atoms with Gasteiger partial charge >= 0.3 is 0 Å². The Kier molecular flexibility index (Phi) is 6.31. The first-order valence-electron chi connectivity index (χ1n) is 15.6. The van der Waals surface area contributed by atoms with Crippen molar-refractivity contribution in [1.29, 1.82) is 0 Å². The van der Waals surface area contributed by atoms with Gasteiger partial charge < -0.3 is 4.57 Å². The van der Waals surface area contributed by atoms with Crippen LogP contribution in [0.2, 0.25) is 10.6 Å². The fraction of sp³-hybridized carbons (Fsp3) is 0.0588. The minimum atomic E-state index is -0.332. The molecule has 1 aliphatic heterocycles.